The van der Waals surface area contributed by atoms with Gasteiger partial charge >= 0.3 is 5.97 Å². The second-order valence-corrected chi connectivity index (χ2v) is 6.11. The lowest BCUT2D eigenvalue weighted by Crippen LogP contribution is -2.41. The van der Waals surface area contributed by atoms with E-state index in [0.717, 1.165) is 30.5 Å². The summed E-state index contributed by atoms with van der Waals surface area (Å²) in [5, 5.41) is 22.8. The number of carbonyl (C=O) groups is 1. The third-order valence-corrected chi connectivity index (χ3v) is 4.15. The van der Waals surface area contributed by atoms with E-state index in [1.165, 1.54) is 6.42 Å². The van der Waals surface area contributed by atoms with Gasteiger partial charge in [-0.1, -0.05) is 19.8 Å². The van der Waals surface area contributed by atoms with Crippen molar-refractivity contribution in [1.29, 1.82) is 0 Å². The zero-order valence-corrected chi connectivity index (χ0v) is 12.1. The second kappa shape index (κ2) is 5.83. The predicted octanol–water partition coefficient (Wildman–Crippen LogP) is 3.05. The summed E-state index contributed by atoms with van der Waals surface area (Å²) in [7, 11) is 0. The van der Waals surface area contributed by atoms with Crippen molar-refractivity contribution in [1.82, 2.24) is 0 Å². The van der Waals surface area contributed by atoms with Gasteiger partial charge in [0.05, 0.1) is 11.2 Å². The Hall–Kier alpha value is -1.55. The average Bonchev–Trinajstić information content (AvgIpc) is 2.36. The van der Waals surface area contributed by atoms with E-state index in [-0.39, 0.29) is 5.56 Å². The Bertz CT molecular complexity index is 500. The van der Waals surface area contributed by atoms with Crippen LogP contribution in [0, 0.1) is 12.8 Å². The molecule has 2 atom stereocenters. The molecule has 20 heavy (non-hydrogen) atoms. The van der Waals surface area contributed by atoms with Gasteiger partial charge in [-0.25, -0.2) is 4.79 Å². The molecule has 0 amide bonds. The molecule has 0 aliphatic heterocycles. The van der Waals surface area contributed by atoms with E-state index in [9.17, 15) is 9.90 Å². The maximum absolute atomic E-state index is 10.9. The molecule has 0 radical (unpaired) electrons. The zero-order chi connectivity index (χ0) is 14.8. The van der Waals surface area contributed by atoms with E-state index in [4.69, 9.17) is 5.11 Å². The van der Waals surface area contributed by atoms with Crippen molar-refractivity contribution in [3.05, 3.63) is 29.3 Å². The van der Waals surface area contributed by atoms with Crippen molar-refractivity contribution < 1.29 is 15.0 Å². The maximum atomic E-state index is 10.9. The first-order valence-electron chi connectivity index (χ1n) is 7.20. The fourth-order valence-corrected chi connectivity index (χ4v) is 3.05. The molecule has 2 unspecified atom stereocenters. The lowest BCUT2D eigenvalue weighted by atomic mass is 9.79. The van der Waals surface area contributed by atoms with Crippen molar-refractivity contribution >= 4 is 11.7 Å². The Morgan fingerprint density at radius 3 is 2.85 bits per heavy atom. The SMILES string of the molecule is Cc1cc(C(=O)O)ccc1NCC1(O)CCCC(C)C1. The summed E-state index contributed by atoms with van der Waals surface area (Å²) in [5.41, 5.74) is 1.42. The zero-order valence-electron chi connectivity index (χ0n) is 12.1. The van der Waals surface area contributed by atoms with Crippen molar-refractivity contribution in [2.24, 2.45) is 5.92 Å². The predicted molar refractivity (Wildman–Crippen MR) is 79.2 cm³/mol. The number of anilines is 1. The summed E-state index contributed by atoms with van der Waals surface area (Å²) >= 11 is 0. The molecule has 1 aromatic rings. The van der Waals surface area contributed by atoms with Crippen LogP contribution in [-0.2, 0) is 0 Å². The van der Waals surface area contributed by atoms with Crippen molar-refractivity contribution in [2.45, 2.75) is 45.1 Å². The van der Waals surface area contributed by atoms with Crippen LogP contribution in [0.1, 0.15) is 48.5 Å². The van der Waals surface area contributed by atoms with Crippen LogP contribution in [-0.4, -0.2) is 28.3 Å². The largest absolute Gasteiger partial charge is 0.478 e. The van der Waals surface area contributed by atoms with Gasteiger partial charge in [-0.3, -0.25) is 0 Å². The monoisotopic (exact) mass is 277 g/mol. The molecule has 1 aromatic carbocycles. The third kappa shape index (κ3) is 3.51. The summed E-state index contributed by atoms with van der Waals surface area (Å²) in [6.45, 7) is 4.57. The van der Waals surface area contributed by atoms with E-state index in [1.807, 2.05) is 6.92 Å². The average molecular weight is 277 g/mol. The van der Waals surface area contributed by atoms with Gasteiger partial charge in [-0.05, 0) is 49.4 Å². The van der Waals surface area contributed by atoms with Crippen LogP contribution >= 0.6 is 0 Å². The fraction of sp³-hybridized carbons (Fsp3) is 0.562. The number of nitrogens with one attached hydrogen (secondary N) is 1. The van der Waals surface area contributed by atoms with E-state index >= 15 is 0 Å². The first-order valence-corrected chi connectivity index (χ1v) is 7.20. The van der Waals surface area contributed by atoms with E-state index < -0.39 is 11.6 Å². The van der Waals surface area contributed by atoms with Gasteiger partial charge in [-0.2, -0.15) is 0 Å². The minimum absolute atomic E-state index is 0.290. The first kappa shape index (κ1) is 14.9. The number of carboxylic acids is 1. The molecule has 0 saturated heterocycles. The number of rotatable bonds is 4. The van der Waals surface area contributed by atoms with Crippen LogP contribution in [0.4, 0.5) is 5.69 Å². The Kier molecular flexibility index (Phi) is 4.33. The van der Waals surface area contributed by atoms with Gasteiger partial charge in [0.15, 0.2) is 0 Å². The summed E-state index contributed by atoms with van der Waals surface area (Å²) in [5.74, 6) is -0.356. The second-order valence-electron chi connectivity index (χ2n) is 6.11. The quantitative estimate of drug-likeness (QED) is 0.791. The highest BCUT2D eigenvalue weighted by molar-refractivity contribution is 5.88. The van der Waals surface area contributed by atoms with Crippen LogP contribution in [0.2, 0.25) is 0 Å². The Morgan fingerprint density at radius 1 is 1.50 bits per heavy atom. The molecule has 3 N–H and O–H groups in total. The Morgan fingerprint density at radius 2 is 2.25 bits per heavy atom. The number of aliphatic hydroxyl groups is 1. The normalized spacial score (nSPS) is 26.2. The minimum atomic E-state index is -0.917. The molecule has 110 valence electrons. The molecule has 1 saturated carbocycles. The molecule has 1 fully saturated rings. The lowest BCUT2D eigenvalue weighted by molar-refractivity contribution is -0.000777. The highest BCUT2D eigenvalue weighted by Gasteiger charge is 2.32. The van der Waals surface area contributed by atoms with Crippen molar-refractivity contribution in [3.63, 3.8) is 0 Å². The highest BCUT2D eigenvalue weighted by Crippen LogP contribution is 2.32. The van der Waals surface area contributed by atoms with Gasteiger partial charge < -0.3 is 15.5 Å². The summed E-state index contributed by atoms with van der Waals surface area (Å²) < 4.78 is 0. The molecule has 4 nitrogen and oxygen atoms in total. The third-order valence-electron chi connectivity index (χ3n) is 4.15. The van der Waals surface area contributed by atoms with E-state index in [0.29, 0.717) is 12.5 Å². The minimum Gasteiger partial charge on any atom is -0.478 e. The molecular weight excluding hydrogens is 254 g/mol. The Labute approximate surface area is 119 Å². The van der Waals surface area contributed by atoms with Crippen LogP contribution in [0.15, 0.2) is 18.2 Å². The number of hydrogen-bond donors (Lipinski definition) is 3. The standard InChI is InChI=1S/C16H23NO3/c1-11-4-3-7-16(20,9-11)10-17-14-6-5-13(15(18)19)8-12(14)2/h5-6,8,11,17,20H,3-4,7,9-10H2,1-2H3,(H,18,19). The molecule has 0 spiro atoms. The number of hydrogen-bond acceptors (Lipinski definition) is 3. The van der Waals surface area contributed by atoms with E-state index in [2.05, 4.69) is 12.2 Å². The van der Waals surface area contributed by atoms with Crippen molar-refractivity contribution in [3.8, 4) is 0 Å². The summed E-state index contributed by atoms with van der Waals surface area (Å²) in [6, 6.07) is 5.01. The van der Waals surface area contributed by atoms with Crippen LogP contribution in [0.25, 0.3) is 0 Å². The molecule has 1 aliphatic rings. The Balaban J connectivity index is 2.02. The molecule has 0 bridgehead atoms. The van der Waals surface area contributed by atoms with Gasteiger partial charge in [0.2, 0.25) is 0 Å². The van der Waals surface area contributed by atoms with Crippen LogP contribution < -0.4 is 5.32 Å². The molecule has 2 rings (SSSR count). The number of benzene rings is 1. The molecule has 0 aromatic heterocycles. The maximum Gasteiger partial charge on any atom is 0.335 e. The smallest absolute Gasteiger partial charge is 0.335 e. The summed E-state index contributed by atoms with van der Waals surface area (Å²) in [6.07, 6.45) is 3.91. The van der Waals surface area contributed by atoms with Crippen molar-refractivity contribution in [2.75, 3.05) is 11.9 Å². The molecular formula is C16H23NO3. The highest BCUT2D eigenvalue weighted by atomic mass is 16.4. The molecule has 0 heterocycles. The summed E-state index contributed by atoms with van der Waals surface area (Å²) in [4.78, 5) is 10.9. The van der Waals surface area contributed by atoms with Gasteiger partial charge in [-0.15, -0.1) is 0 Å². The first-order chi connectivity index (χ1) is 9.39. The van der Waals surface area contributed by atoms with Crippen LogP contribution in [0.5, 0.6) is 0 Å². The number of aryl methyl sites for hydroxylation is 1. The topological polar surface area (TPSA) is 69.6 Å². The number of carboxylic acid groups (broad SMARTS) is 1. The number of aromatic carboxylic acids is 1. The molecule has 4 heteroatoms. The van der Waals surface area contributed by atoms with Gasteiger partial charge in [0, 0.05) is 12.2 Å². The van der Waals surface area contributed by atoms with Gasteiger partial charge in [0.25, 0.3) is 0 Å². The van der Waals surface area contributed by atoms with Gasteiger partial charge in [0.1, 0.15) is 0 Å². The van der Waals surface area contributed by atoms with Crippen LogP contribution in [0.3, 0.4) is 0 Å². The lowest BCUT2D eigenvalue weighted by Gasteiger charge is -2.36. The molecule has 1 aliphatic carbocycles. The fourth-order valence-electron chi connectivity index (χ4n) is 3.05. The van der Waals surface area contributed by atoms with E-state index in [1.54, 1.807) is 18.2 Å².